The summed E-state index contributed by atoms with van der Waals surface area (Å²) >= 11 is 5.92. The molecule has 0 unspecified atom stereocenters. The van der Waals surface area contributed by atoms with Gasteiger partial charge in [0.15, 0.2) is 0 Å². The number of anilines is 1. The second kappa shape index (κ2) is 7.36. The van der Waals surface area contributed by atoms with E-state index in [1.807, 2.05) is 36.4 Å². The number of benzene rings is 2. The maximum absolute atomic E-state index is 12.1. The topological polar surface area (TPSA) is 58.6 Å². The van der Waals surface area contributed by atoms with Crippen LogP contribution < -0.4 is 10.2 Å². The minimum Gasteiger partial charge on any atom is -0.447 e. The van der Waals surface area contributed by atoms with Crippen molar-refractivity contribution in [2.75, 3.05) is 18.1 Å². The fourth-order valence-electron chi connectivity index (χ4n) is 2.56. The highest BCUT2D eigenvalue weighted by atomic mass is 35.5. The molecule has 0 saturated carbocycles. The number of carbonyl (C=O) groups excluding carboxylic acids is 2. The van der Waals surface area contributed by atoms with E-state index >= 15 is 0 Å². The van der Waals surface area contributed by atoms with Crippen LogP contribution in [0.3, 0.4) is 0 Å². The van der Waals surface area contributed by atoms with E-state index in [0.29, 0.717) is 24.7 Å². The van der Waals surface area contributed by atoms with Crippen LogP contribution in [-0.2, 0) is 22.5 Å². The van der Waals surface area contributed by atoms with Crippen molar-refractivity contribution in [3.05, 3.63) is 64.7 Å². The Bertz CT molecular complexity index is 763. The van der Waals surface area contributed by atoms with Gasteiger partial charge in [-0.25, -0.2) is 4.79 Å². The lowest BCUT2D eigenvalue weighted by Gasteiger charge is -2.14. The van der Waals surface area contributed by atoms with E-state index in [1.54, 1.807) is 17.0 Å². The standard InChI is InChI=1S/C18H17ClN2O3/c19-15-5-1-3-13(9-15)11-17(22)20-12-14-4-2-6-16(10-14)21-7-8-24-18(21)23/h1-6,9-10H,7-8,11-12H2,(H,20,22). The van der Waals surface area contributed by atoms with Gasteiger partial charge in [0.2, 0.25) is 5.91 Å². The molecular weight excluding hydrogens is 328 g/mol. The smallest absolute Gasteiger partial charge is 0.414 e. The Morgan fingerprint density at radius 3 is 2.71 bits per heavy atom. The van der Waals surface area contributed by atoms with E-state index in [-0.39, 0.29) is 18.4 Å². The van der Waals surface area contributed by atoms with Crippen LogP contribution in [0.5, 0.6) is 0 Å². The van der Waals surface area contributed by atoms with Crippen molar-refractivity contribution >= 4 is 29.3 Å². The molecule has 2 aromatic rings. The van der Waals surface area contributed by atoms with E-state index in [2.05, 4.69) is 5.32 Å². The third-order valence-corrected chi connectivity index (χ3v) is 3.96. The molecule has 0 aromatic heterocycles. The maximum atomic E-state index is 12.1. The predicted octanol–water partition coefficient (Wildman–Crippen LogP) is 3.16. The number of cyclic esters (lactones) is 1. The summed E-state index contributed by atoms with van der Waals surface area (Å²) in [5, 5.41) is 3.50. The third kappa shape index (κ3) is 4.06. The minimum absolute atomic E-state index is 0.0803. The van der Waals surface area contributed by atoms with Gasteiger partial charge in [0.25, 0.3) is 0 Å². The maximum Gasteiger partial charge on any atom is 0.414 e. The molecule has 0 radical (unpaired) electrons. The highest BCUT2D eigenvalue weighted by Gasteiger charge is 2.23. The fraction of sp³-hybridized carbons (Fsp3) is 0.222. The van der Waals surface area contributed by atoms with Crippen molar-refractivity contribution < 1.29 is 14.3 Å². The molecule has 24 heavy (non-hydrogen) atoms. The van der Waals surface area contributed by atoms with Gasteiger partial charge < -0.3 is 10.1 Å². The highest BCUT2D eigenvalue weighted by Crippen LogP contribution is 2.20. The molecule has 6 heteroatoms. The van der Waals surface area contributed by atoms with Crippen LogP contribution in [-0.4, -0.2) is 25.2 Å². The van der Waals surface area contributed by atoms with Gasteiger partial charge in [-0.3, -0.25) is 9.69 Å². The number of hydrogen-bond acceptors (Lipinski definition) is 3. The van der Waals surface area contributed by atoms with Crippen LogP contribution in [0.4, 0.5) is 10.5 Å². The number of hydrogen-bond donors (Lipinski definition) is 1. The van der Waals surface area contributed by atoms with Crippen LogP contribution in [0.15, 0.2) is 48.5 Å². The van der Waals surface area contributed by atoms with E-state index in [1.165, 1.54) is 0 Å². The molecule has 1 N–H and O–H groups in total. The summed E-state index contributed by atoms with van der Waals surface area (Å²) in [6, 6.07) is 14.7. The van der Waals surface area contributed by atoms with Crippen molar-refractivity contribution in [3.63, 3.8) is 0 Å². The Balaban J connectivity index is 1.58. The molecule has 124 valence electrons. The molecule has 0 bridgehead atoms. The zero-order chi connectivity index (χ0) is 16.9. The van der Waals surface area contributed by atoms with Gasteiger partial charge in [-0.1, -0.05) is 35.9 Å². The lowest BCUT2D eigenvalue weighted by atomic mass is 10.1. The Hall–Kier alpha value is -2.53. The highest BCUT2D eigenvalue weighted by molar-refractivity contribution is 6.30. The Morgan fingerprint density at radius 2 is 1.96 bits per heavy atom. The first-order chi connectivity index (χ1) is 11.6. The van der Waals surface area contributed by atoms with Crippen molar-refractivity contribution in [3.8, 4) is 0 Å². The van der Waals surface area contributed by atoms with Gasteiger partial charge in [-0.2, -0.15) is 0 Å². The summed E-state index contributed by atoms with van der Waals surface area (Å²) in [4.78, 5) is 25.2. The molecule has 1 saturated heterocycles. The van der Waals surface area contributed by atoms with E-state index in [0.717, 1.165) is 16.8 Å². The first kappa shape index (κ1) is 16.3. The van der Waals surface area contributed by atoms with Gasteiger partial charge in [0, 0.05) is 17.3 Å². The van der Waals surface area contributed by atoms with Crippen LogP contribution in [0.2, 0.25) is 5.02 Å². The molecular formula is C18H17ClN2O3. The van der Waals surface area contributed by atoms with Crippen molar-refractivity contribution in [1.82, 2.24) is 5.32 Å². The number of rotatable bonds is 5. The molecule has 1 fully saturated rings. The summed E-state index contributed by atoms with van der Waals surface area (Å²) in [5.74, 6) is -0.0803. The molecule has 2 aromatic carbocycles. The molecule has 1 aliphatic rings. The zero-order valence-electron chi connectivity index (χ0n) is 13.0. The van der Waals surface area contributed by atoms with Crippen molar-refractivity contribution in [2.45, 2.75) is 13.0 Å². The summed E-state index contributed by atoms with van der Waals surface area (Å²) < 4.78 is 4.94. The summed E-state index contributed by atoms with van der Waals surface area (Å²) in [7, 11) is 0. The molecule has 5 nitrogen and oxygen atoms in total. The fourth-order valence-corrected chi connectivity index (χ4v) is 2.77. The van der Waals surface area contributed by atoms with Crippen LogP contribution in [0, 0.1) is 0 Å². The second-order valence-electron chi connectivity index (χ2n) is 5.52. The average molecular weight is 345 g/mol. The Morgan fingerprint density at radius 1 is 1.17 bits per heavy atom. The molecule has 1 aliphatic heterocycles. The van der Waals surface area contributed by atoms with Gasteiger partial charge in [-0.15, -0.1) is 0 Å². The normalized spacial score (nSPS) is 13.7. The Labute approximate surface area is 145 Å². The van der Waals surface area contributed by atoms with E-state index in [9.17, 15) is 9.59 Å². The SMILES string of the molecule is O=C(Cc1cccc(Cl)c1)NCc1cccc(N2CCOC2=O)c1. The largest absolute Gasteiger partial charge is 0.447 e. The van der Waals surface area contributed by atoms with E-state index in [4.69, 9.17) is 16.3 Å². The Kier molecular flexibility index (Phi) is 5.01. The van der Waals surface area contributed by atoms with Gasteiger partial charge in [0.05, 0.1) is 13.0 Å². The van der Waals surface area contributed by atoms with Gasteiger partial charge in [0.1, 0.15) is 6.61 Å². The van der Waals surface area contributed by atoms with Crippen LogP contribution >= 0.6 is 11.6 Å². The third-order valence-electron chi connectivity index (χ3n) is 3.73. The second-order valence-corrected chi connectivity index (χ2v) is 5.96. The molecule has 2 amide bonds. The lowest BCUT2D eigenvalue weighted by molar-refractivity contribution is -0.120. The number of nitrogens with one attached hydrogen (secondary N) is 1. The molecule has 1 heterocycles. The van der Waals surface area contributed by atoms with Crippen molar-refractivity contribution in [2.24, 2.45) is 0 Å². The first-order valence-electron chi connectivity index (χ1n) is 7.66. The van der Waals surface area contributed by atoms with E-state index < -0.39 is 0 Å². The molecule has 0 atom stereocenters. The average Bonchev–Trinajstić information content (AvgIpc) is 2.99. The van der Waals surface area contributed by atoms with Crippen LogP contribution in [0.25, 0.3) is 0 Å². The summed E-state index contributed by atoms with van der Waals surface area (Å²) in [6.07, 6.45) is -0.0595. The minimum atomic E-state index is -0.336. The molecule has 0 aliphatic carbocycles. The zero-order valence-corrected chi connectivity index (χ0v) is 13.8. The summed E-state index contributed by atoms with van der Waals surface area (Å²) in [5.41, 5.74) is 2.57. The quantitative estimate of drug-likeness (QED) is 0.906. The van der Waals surface area contributed by atoms with Crippen LogP contribution in [0.1, 0.15) is 11.1 Å². The van der Waals surface area contributed by atoms with Gasteiger partial charge in [-0.05, 0) is 35.4 Å². The number of carbonyl (C=O) groups is 2. The number of ether oxygens (including phenoxy) is 1. The predicted molar refractivity (Wildman–Crippen MR) is 92.1 cm³/mol. The van der Waals surface area contributed by atoms with Crippen molar-refractivity contribution in [1.29, 1.82) is 0 Å². The number of amides is 2. The number of nitrogens with zero attached hydrogens (tertiary/aromatic N) is 1. The van der Waals surface area contributed by atoms with Gasteiger partial charge >= 0.3 is 6.09 Å². The molecule has 3 rings (SSSR count). The molecule has 0 spiro atoms. The first-order valence-corrected chi connectivity index (χ1v) is 8.04. The number of halogens is 1. The monoisotopic (exact) mass is 344 g/mol. The lowest BCUT2D eigenvalue weighted by Crippen LogP contribution is -2.25. The summed E-state index contributed by atoms with van der Waals surface area (Å²) in [6.45, 7) is 1.35.